The van der Waals surface area contributed by atoms with Gasteiger partial charge in [0.25, 0.3) is 0 Å². The largest absolute Gasteiger partial charge is 0.291 e. The molecule has 0 aromatic carbocycles. The number of rotatable bonds is 4. The van der Waals surface area contributed by atoms with Crippen LogP contribution in [0.25, 0.3) is 0 Å². The topological polar surface area (TPSA) is 34.1 Å². The molecule has 0 spiro atoms. The van der Waals surface area contributed by atoms with E-state index in [2.05, 4.69) is 19.9 Å². The molecule has 2 heteroatoms. The van der Waals surface area contributed by atoms with E-state index < -0.39 is 0 Å². The normalized spacial score (nSPS) is 23.8. The maximum absolute atomic E-state index is 12.1. The lowest BCUT2D eigenvalue weighted by Crippen LogP contribution is -2.37. The van der Waals surface area contributed by atoms with Crippen molar-refractivity contribution < 1.29 is 9.59 Å². The highest BCUT2D eigenvalue weighted by molar-refractivity contribution is 6.38. The second kappa shape index (κ2) is 4.94. The van der Waals surface area contributed by atoms with Gasteiger partial charge in [-0.1, -0.05) is 32.4 Å². The molecule has 1 rings (SSSR count). The third-order valence-corrected chi connectivity index (χ3v) is 3.51. The molecule has 0 saturated heterocycles. The van der Waals surface area contributed by atoms with Gasteiger partial charge in [0, 0.05) is 6.42 Å². The summed E-state index contributed by atoms with van der Waals surface area (Å²) in [6, 6.07) is 0. The molecule has 0 aromatic heterocycles. The minimum Gasteiger partial charge on any atom is -0.291 e. The van der Waals surface area contributed by atoms with Crippen LogP contribution in [0, 0.1) is 11.3 Å². The average molecular weight is 222 g/mol. The predicted molar refractivity (Wildman–Crippen MR) is 65.2 cm³/mol. The van der Waals surface area contributed by atoms with Crippen molar-refractivity contribution in [3.05, 3.63) is 11.6 Å². The summed E-state index contributed by atoms with van der Waals surface area (Å²) in [6.45, 7) is 8.08. The first-order valence-electron chi connectivity index (χ1n) is 6.14. The van der Waals surface area contributed by atoms with E-state index in [9.17, 15) is 9.59 Å². The van der Waals surface area contributed by atoms with Gasteiger partial charge in [-0.2, -0.15) is 0 Å². The zero-order valence-corrected chi connectivity index (χ0v) is 10.8. The van der Waals surface area contributed by atoms with Crippen molar-refractivity contribution in [3.8, 4) is 0 Å². The molecule has 0 fully saturated rings. The summed E-state index contributed by atoms with van der Waals surface area (Å²) in [5, 5.41) is 0. The fraction of sp³-hybridized carbons (Fsp3) is 0.714. The van der Waals surface area contributed by atoms with Gasteiger partial charge < -0.3 is 0 Å². The van der Waals surface area contributed by atoms with Crippen molar-refractivity contribution in [2.75, 3.05) is 0 Å². The van der Waals surface area contributed by atoms with Gasteiger partial charge in [-0.05, 0) is 31.6 Å². The summed E-state index contributed by atoms with van der Waals surface area (Å²) >= 11 is 0. The molecule has 0 bridgehead atoms. The van der Waals surface area contributed by atoms with Crippen LogP contribution in [0.4, 0.5) is 0 Å². The van der Waals surface area contributed by atoms with Gasteiger partial charge in [0.1, 0.15) is 0 Å². The zero-order valence-electron chi connectivity index (χ0n) is 10.8. The molecule has 0 saturated carbocycles. The van der Waals surface area contributed by atoms with Gasteiger partial charge in [0.05, 0.1) is 5.92 Å². The molecule has 0 radical (unpaired) electrons. The molecule has 0 aliphatic heterocycles. The van der Waals surface area contributed by atoms with Crippen LogP contribution >= 0.6 is 0 Å². The highest BCUT2D eigenvalue weighted by atomic mass is 16.2. The van der Waals surface area contributed by atoms with Crippen LogP contribution < -0.4 is 0 Å². The summed E-state index contributed by atoms with van der Waals surface area (Å²) in [5.74, 6) is -0.573. The van der Waals surface area contributed by atoms with E-state index >= 15 is 0 Å². The fourth-order valence-electron chi connectivity index (χ4n) is 2.62. The summed E-state index contributed by atoms with van der Waals surface area (Å²) in [5.41, 5.74) is 1.00. The minimum atomic E-state index is -0.199. The Hall–Kier alpha value is -0.920. The molecule has 1 unspecified atom stereocenters. The van der Waals surface area contributed by atoms with E-state index in [0.29, 0.717) is 6.42 Å². The molecular weight excluding hydrogens is 200 g/mol. The molecule has 0 aromatic rings. The highest BCUT2D eigenvalue weighted by Gasteiger charge is 2.39. The van der Waals surface area contributed by atoms with E-state index in [1.54, 1.807) is 0 Å². The second-order valence-electron chi connectivity index (χ2n) is 5.45. The summed E-state index contributed by atoms with van der Waals surface area (Å²) in [7, 11) is 0. The van der Waals surface area contributed by atoms with Crippen molar-refractivity contribution in [3.63, 3.8) is 0 Å². The summed E-state index contributed by atoms with van der Waals surface area (Å²) in [6.07, 6.45) is 5.25. The monoisotopic (exact) mass is 222 g/mol. The van der Waals surface area contributed by atoms with E-state index in [-0.39, 0.29) is 22.9 Å². The van der Waals surface area contributed by atoms with Gasteiger partial charge in [-0.3, -0.25) is 9.59 Å². The number of hydrogen-bond donors (Lipinski definition) is 0. The van der Waals surface area contributed by atoms with Crippen molar-refractivity contribution in [1.29, 1.82) is 0 Å². The first-order chi connectivity index (χ1) is 7.40. The number of Topliss-reactive ketones (excluding diaryl/α,β-unsaturated/α-hetero) is 2. The molecule has 2 nitrogen and oxygen atoms in total. The van der Waals surface area contributed by atoms with Crippen LogP contribution in [-0.2, 0) is 9.59 Å². The second-order valence-corrected chi connectivity index (χ2v) is 5.45. The Balaban J connectivity index is 2.91. The maximum atomic E-state index is 12.1. The third-order valence-electron chi connectivity index (χ3n) is 3.51. The van der Waals surface area contributed by atoms with Crippen molar-refractivity contribution >= 4 is 11.6 Å². The van der Waals surface area contributed by atoms with Gasteiger partial charge >= 0.3 is 0 Å². The van der Waals surface area contributed by atoms with Crippen LogP contribution in [-0.4, -0.2) is 11.6 Å². The Morgan fingerprint density at radius 2 is 2.06 bits per heavy atom. The molecule has 16 heavy (non-hydrogen) atoms. The molecular formula is C14H22O2. The Morgan fingerprint density at radius 3 is 2.56 bits per heavy atom. The van der Waals surface area contributed by atoms with Crippen LogP contribution in [0.3, 0.4) is 0 Å². The number of hydrogen-bond acceptors (Lipinski definition) is 2. The molecule has 90 valence electrons. The number of ketones is 2. The zero-order chi connectivity index (χ0) is 12.3. The molecule has 1 aliphatic rings. The lowest BCUT2D eigenvalue weighted by molar-refractivity contribution is -0.140. The lowest BCUT2D eigenvalue weighted by atomic mass is 9.66. The Kier molecular flexibility index (Phi) is 4.06. The first kappa shape index (κ1) is 13.1. The quantitative estimate of drug-likeness (QED) is 0.540. The van der Waals surface area contributed by atoms with Gasteiger partial charge in [-0.25, -0.2) is 0 Å². The molecule has 0 N–H and O–H groups in total. The third kappa shape index (κ3) is 2.60. The van der Waals surface area contributed by atoms with Gasteiger partial charge in [0.15, 0.2) is 5.78 Å². The first-order valence-corrected chi connectivity index (χ1v) is 6.14. The number of allylic oxidation sites excluding steroid dienone is 2. The molecule has 0 amide bonds. The van der Waals surface area contributed by atoms with E-state index in [0.717, 1.165) is 24.8 Å². The Morgan fingerprint density at radius 1 is 1.44 bits per heavy atom. The van der Waals surface area contributed by atoms with Crippen molar-refractivity contribution in [1.82, 2.24) is 0 Å². The van der Waals surface area contributed by atoms with E-state index in [1.165, 1.54) is 0 Å². The van der Waals surface area contributed by atoms with Crippen molar-refractivity contribution in [2.24, 2.45) is 11.3 Å². The van der Waals surface area contributed by atoms with E-state index in [1.807, 2.05) is 13.8 Å². The number of carbonyl (C=O) groups excluding carboxylic acids is 2. The van der Waals surface area contributed by atoms with Crippen LogP contribution in [0.2, 0.25) is 0 Å². The minimum absolute atomic E-state index is 0.0701. The van der Waals surface area contributed by atoms with Gasteiger partial charge in [-0.15, -0.1) is 0 Å². The van der Waals surface area contributed by atoms with E-state index in [4.69, 9.17) is 0 Å². The maximum Gasteiger partial charge on any atom is 0.205 e. The predicted octanol–water partition coefficient (Wildman–Crippen LogP) is 3.31. The fourth-order valence-corrected chi connectivity index (χ4v) is 2.62. The summed E-state index contributed by atoms with van der Waals surface area (Å²) < 4.78 is 0. The highest BCUT2D eigenvalue weighted by Crippen LogP contribution is 2.41. The summed E-state index contributed by atoms with van der Waals surface area (Å²) in [4.78, 5) is 23.8. The van der Waals surface area contributed by atoms with Crippen LogP contribution in [0.1, 0.15) is 53.4 Å². The van der Waals surface area contributed by atoms with Crippen molar-refractivity contribution in [2.45, 2.75) is 53.4 Å². The molecule has 0 heterocycles. The Bertz CT molecular complexity index is 324. The standard InChI is InChI=1S/C14H22O2/c1-5-7-11(15)13(16)12-10(2)8-6-9-14(12,3)4/h8,12H,5-7,9H2,1-4H3. The lowest BCUT2D eigenvalue weighted by Gasteiger charge is -2.36. The molecule has 1 atom stereocenters. The van der Waals surface area contributed by atoms with Gasteiger partial charge in [0.2, 0.25) is 5.78 Å². The van der Waals surface area contributed by atoms with Crippen LogP contribution in [0.5, 0.6) is 0 Å². The van der Waals surface area contributed by atoms with Crippen LogP contribution in [0.15, 0.2) is 11.6 Å². The molecule has 1 aliphatic carbocycles. The average Bonchev–Trinajstić information content (AvgIpc) is 2.16. The smallest absolute Gasteiger partial charge is 0.205 e. The Labute approximate surface area is 98.1 Å². The SMILES string of the molecule is CCCC(=O)C(=O)C1C(C)=CCCC1(C)C. The number of carbonyl (C=O) groups is 2.